The second kappa shape index (κ2) is 4.55. The zero-order chi connectivity index (χ0) is 13.4. The van der Waals surface area contributed by atoms with Crippen LogP contribution in [0.15, 0.2) is 40.5 Å². The van der Waals surface area contributed by atoms with Crippen molar-refractivity contribution < 1.29 is 5.11 Å². The van der Waals surface area contributed by atoms with Crippen LogP contribution in [0.1, 0.15) is 12.5 Å². The molecule has 96 valence electrons. The number of aromatic hydroxyl groups is 1. The fourth-order valence-electron chi connectivity index (χ4n) is 2.30. The Labute approximate surface area is 114 Å². The van der Waals surface area contributed by atoms with Crippen molar-refractivity contribution in [3.05, 3.63) is 51.6 Å². The maximum absolute atomic E-state index is 11.6. The van der Waals surface area contributed by atoms with Crippen molar-refractivity contribution >= 4 is 21.4 Å². The van der Waals surface area contributed by atoms with Gasteiger partial charge in [0.05, 0.1) is 5.69 Å². The van der Waals surface area contributed by atoms with E-state index in [1.165, 1.54) is 10.8 Å². The number of nitrogens with one attached hydrogen (secondary N) is 1. The Morgan fingerprint density at radius 3 is 2.89 bits per heavy atom. The molecule has 2 heterocycles. The molecule has 0 saturated carbocycles. The molecule has 0 aliphatic carbocycles. The van der Waals surface area contributed by atoms with Crippen LogP contribution in [0.3, 0.4) is 0 Å². The zero-order valence-electron chi connectivity index (χ0n) is 10.4. The van der Waals surface area contributed by atoms with E-state index < -0.39 is 0 Å². The van der Waals surface area contributed by atoms with Gasteiger partial charge in [0, 0.05) is 16.3 Å². The summed E-state index contributed by atoms with van der Waals surface area (Å²) in [4.78, 5) is 14.4. The summed E-state index contributed by atoms with van der Waals surface area (Å²) in [5.74, 6) is 0.0617. The Bertz CT molecular complexity index is 801. The first-order chi connectivity index (χ1) is 9.19. The third-order valence-corrected chi connectivity index (χ3v) is 4.12. The third-order valence-electron chi connectivity index (χ3n) is 3.22. The van der Waals surface area contributed by atoms with Crippen LogP contribution >= 0.6 is 11.3 Å². The third kappa shape index (κ3) is 2.04. The van der Waals surface area contributed by atoms with Crippen molar-refractivity contribution in [2.45, 2.75) is 13.3 Å². The number of pyridine rings is 1. The van der Waals surface area contributed by atoms with Crippen LogP contribution in [-0.2, 0) is 6.42 Å². The Morgan fingerprint density at radius 1 is 1.26 bits per heavy atom. The summed E-state index contributed by atoms with van der Waals surface area (Å²) in [5, 5.41) is 13.1. The van der Waals surface area contributed by atoms with Crippen LogP contribution in [0.2, 0.25) is 0 Å². The molecule has 0 fully saturated rings. The molecular formula is C15H13NO2S. The van der Waals surface area contributed by atoms with E-state index in [9.17, 15) is 9.90 Å². The van der Waals surface area contributed by atoms with E-state index >= 15 is 0 Å². The average Bonchev–Trinajstić information content (AvgIpc) is 2.85. The maximum Gasteiger partial charge on any atom is 0.252 e. The fourth-order valence-corrected chi connectivity index (χ4v) is 3.07. The van der Waals surface area contributed by atoms with E-state index in [1.807, 2.05) is 30.5 Å². The molecule has 0 bridgehead atoms. The molecule has 3 rings (SSSR count). The van der Waals surface area contributed by atoms with Crippen molar-refractivity contribution in [1.29, 1.82) is 0 Å². The van der Waals surface area contributed by atoms with E-state index in [0.717, 1.165) is 16.5 Å². The minimum absolute atomic E-state index is 0.0617. The number of benzene rings is 1. The van der Waals surface area contributed by atoms with Gasteiger partial charge in [-0.3, -0.25) is 4.79 Å². The van der Waals surface area contributed by atoms with Gasteiger partial charge in [-0.15, -0.1) is 11.3 Å². The number of rotatable bonds is 2. The molecule has 0 radical (unpaired) electrons. The molecule has 2 N–H and O–H groups in total. The fraction of sp³-hybridized carbons (Fsp3) is 0.133. The van der Waals surface area contributed by atoms with E-state index in [1.54, 1.807) is 11.3 Å². The lowest BCUT2D eigenvalue weighted by molar-refractivity contribution is 0.467. The number of H-pyrrole nitrogens is 1. The van der Waals surface area contributed by atoms with Crippen LogP contribution in [-0.4, -0.2) is 10.1 Å². The van der Waals surface area contributed by atoms with Crippen molar-refractivity contribution in [3.8, 4) is 17.0 Å². The molecule has 2 aromatic heterocycles. The summed E-state index contributed by atoms with van der Waals surface area (Å²) in [7, 11) is 0. The van der Waals surface area contributed by atoms with Gasteiger partial charge < -0.3 is 10.1 Å². The molecule has 0 atom stereocenters. The highest BCUT2D eigenvalue weighted by Gasteiger charge is 2.11. The number of hydrogen-bond donors (Lipinski definition) is 2. The second-order valence-corrected chi connectivity index (χ2v) is 5.35. The molecule has 19 heavy (non-hydrogen) atoms. The SMILES string of the molecule is CCc1c(O)cc(=O)[nH]c1-c1ccc2sccc2c1. The molecule has 0 amide bonds. The van der Waals surface area contributed by atoms with Gasteiger partial charge in [-0.1, -0.05) is 13.0 Å². The van der Waals surface area contributed by atoms with Crippen molar-refractivity contribution in [2.75, 3.05) is 0 Å². The molecule has 0 saturated heterocycles. The minimum atomic E-state index is -0.282. The smallest absolute Gasteiger partial charge is 0.252 e. The monoisotopic (exact) mass is 271 g/mol. The number of thiophene rings is 1. The summed E-state index contributed by atoms with van der Waals surface area (Å²) < 4.78 is 1.21. The summed E-state index contributed by atoms with van der Waals surface area (Å²) >= 11 is 1.69. The van der Waals surface area contributed by atoms with E-state index in [-0.39, 0.29) is 11.3 Å². The lowest BCUT2D eigenvalue weighted by Crippen LogP contribution is -2.07. The lowest BCUT2D eigenvalue weighted by atomic mass is 10.0. The number of hydrogen-bond acceptors (Lipinski definition) is 3. The quantitative estimate of drug-likeness (QED) is 0.749. The first kappa shape index (κ1) is 12.0. The maximum atomic E-state index is 11.6. The van der Waals surface area contributed by atoms with Crippen molar-refractivity contribution in [3.63, 3.8) is 0 Å². The molecule has 4 heteroatoms. The van der Waals surface area contributed by atoms with Crippen LogP contribution < -0.4 is 5.56 Å². The van der Waals surface area contributed by atoms with Gasteiger partial charge in [0.15, 0.2) is 0 Å². The van der Waals surface area contributed by atoms with Gasteiger partial charge in [0.25, 0.3) is 5.56 Å². The molecule has 3 aromatic rings. The largest absolute Gasteiger partial charge is 0.507 e. The number of aromatic nitrogens is 1. The molecule has 1 aromatic carbocycles. The van der Waals surface area contributed by atoms with E-state index in [2.05, 4.69) is 11.1 Å². The minimum Gasteiger partial charge on any atom is -0.507 e. The Kier molecular flexibility index (Phi) is 2.87. The highest BCUT2D eigenvalue weighted by Crippen LogP contribution is 2.30. The van der Waals surface area contributed by atoms with Gasteiger partial charge in [0.1, 0.15) is 5.75 Å². The molecular weight excluding hydrogens is 258 g/mol. The summed E-state index contributed by atoms with van der Waals surface area (Å²) in [6.07, 6.45) is 0.666. The van der Waals surface area contributed by atoms with Gasteiger partial charge in [-0.25, -0.2) is 0 Å². The van der Waals surface area contributed by atoms with Crippen LogP contribution in [0.5, 0.6) is 5.75 Å². The van der Waals surface area contributed by atoms with Crippen LogP contribution in [0, 0.1) is 0 Å². The predicted molar refractivity (Wildman–Crippen MR) is 78.9 cm³/mol. The standard InChI is InChI=1S/C15H13NO2S/c1-2-11-12(17)8-14(18)16-15(11)10-3-4-13-9(7-10)5-6-19-13/h3-8H,2H2,1H3,(H2,16,17,18). The van der Waals surface area contributed by atoms with Gasteiger partial charge in [-0.05, 0) is 40.9 Å². The van der Waals surface area contributed by atoms with Crippen molar-refractivity contribution in [1.82, 2.24) is 4.98 Å². The molecule has 0 aliphatic rings. The number of fused-ring (bicyclic) bond motifs is 1. The van der Waals surface area contributed by atoms with Gasteiger partial charge in [-0.2, -0.15) is 0 Å². The summed E-state index contributed by atoms with van der Waals surface area (Å²) in [5.41, 5.74) is 2.13. The Hall–Kier alpha value is -2.07. The first-order valence-corrected chi connectivity index (χ1v) is 7.00. The average molecular weight is 271 g/mol. The predicted octanol–water partition coefficient (Wildman–Crippen LogP) is 3.52. The Morgan fingerprint density at radius 2 is 2.11 bits per heavy atom. The van der Waals surface area contributed by atoms with E-state index in [0.29, 0.717) is 12.1 Å². The van der Waals surface area contributed by atoms with Gasteiger partial charge >= 0.3 is 0 Å². The van der Waals surface area contributed by atoms with Gasteiger partial charge in [0.2, 0.25) is 0 Å². The van der Waals surface area contributed by atoms with E-state index in [4.69, 9.17) is 0 Å². The topological polar surface area (TPSA) is 53.1 Å². The molecule has 0 spiro atoms. The van der Waals surface area contributed by atoms with Crippen molar-refractivity contribution in [2.24, 2.45) is 0 Å². The lowest BCUT2D eigenvalue weighted by Gasteiger charge is -2.09. The highest BCUT2D eigenvalue weighted by atomic mass is 32.1. The number of aromatic amines is 1. The summed E-state index contributed by atoms with van der Waals surface area (Å²) in [6.45, 7) is 1.96. The molecule has 0 unspecified atom stereocenters. The van der Waals surface area contributed by atoms with Crippen LogP contribution in [0.4, 0.5) is 0 Å². The second-order valence-electron chi connectivity index (χ2n) is 4.40. The normalized spacial score (nSPS) is 11.0. The molecule has 3 nitrogen and oxygen atoms in total. The van der Waals surface area contributed by atoms with Crippen LogP contribution in [0.25, 0.3) is 21.3 Å². The first-order valence-electron chi connectivity index (χ1n) is 6.12. The summed E-state index contributed by atoms with van der Waals surface area (Å²) in [6, 6.07) is 9.33. The zero-order valence-corrected chi connectivity index (χ0v) is 11.3. The Balaban J connectivity index is 2.27. The highest BCUT2D eigenvalue weighted by molar-refractivity contribution is 7.17. The molecule has 0 aliphatic heterocycles.